The number of nitro benzene ring substituents is 1. The van der Waals surface area contributed by atoms with Crippen molar-refractivity contribution in [3.05, 3.63) is 86.0 Å². The van der Waals surface area contributed by atoms with Gasteiger partial charge in [-0.25, -0.2) is 33.1 Å². The Hall–Kier alpha value is -3.59. The van der Waals surface area contributed by atoms with Crippen LogP contribution in [0.25, 0.3) is 44.7 Å². The molecular formula is C55H68N22Na5O34P5. The number of hydrogen-bond donors (Lipinski definition) is 10. The van der Waals surface area contributed by atoms with Gasteiger partial charge in [0.1, 0.15) is 85.6 Å². The minimum absolute atomic E-state index is 0. The molecule has 8 aromatic heterocycles. The number of aromatic amines is 2. The molecule has 22 atom stereocenters. The first-order valence-corrected chi connectivity index (χ1v) is 40.8. The molecule has 56 nitrogen and oxygen atoms in total. The molecule has 10 unspecified atom stereocenters. The second-order valence-electron chi connectivity index (χ2n) is 26.9. The number of fused-ring (bicyclic) bond motifs is 4. The molecule has 4 aliphatic heterocycles. The molecule has 66 heteroatoms. The van der Waals surface area contributed by atoms with Gasteiger partial charge in [-0.05, 0) is 11.5 Å². The summed E-state index contributed by atoms with van der Waals surface area (Å²) in [6.45, 7) is -1.14. The van der Waals surface area contributed by atoms with Crippen LogP contribution in [0.4, 0.5) is 35.3 Å². The Bertz CT molecular complexity index is 5630. The number of methoxy groups -OCH3 is 2. The summed E-state index contributed by atoms with van der Waals surface area (Å²) >= 11 is 0. The van der Waals surface area contributed by atoms with Gasteiger partial charge < -0.3 is 139 Å². The van der Waals surface area contributed by atoms with Crippen LogP contribution in [-0.4, -0.2) is 214 Å². The van der Waals surface area contributed by atoms with Gasteiger partial charge >= 0.3 is 153 Å². The summed E-state index contributed by atoms with van der Waals surface area (Å²) in [5, 5.41) is 59.0. The average Bonchev–Trinajstić information content (AvgIpc) is 1.64. The van der Waals surface area contributed by atoms with E-state index in [-0.39, 0.29) is 215 Å². The number of nitrogens with zero attached hydrogens (tertiary/aromatic N) is 15. The minimum atomic E-state index is -6.83. The van der Waals surface area contributed by atoms with Crippen LogP contribution in [0.5, 0.6) is 5.88 Å². The largest absolute Gasteiger partial charge is 1.00 e. The number of nitro groups is 1. The number of nitrogens with one attached hydrogen (secondary N) is 2. The van der Waals surface area contributed by atoms with Crippen molar-refractivity contribution < 1.29 is 299 Å². The molecule has 0 spiro atoms. The van der Waals surface area contributed by atoms with E-state index in [2.05, 4.69) is 63.4 Å². The van der Waals surface area contributed by atoms with E-state index in [0.29, 0.717) is 0 Å². The third-order valence-electron chi connectivity index (χ3n) is 18.2. The van der Waals surface area contributed by atoms with Gasteiger partial charge in [0.25, 0.3) is 61.9 Å². The van der Waals surface area contributed by atoms with Gasteiger partial charge in [-0.15, -0.1) is 0 Å². The number of benzene rings is 1. The number of anilines is 5. The molecule has 4 fully saturated rings. The Labute approximate surface area is 788 Å². The van der Waals surface area contributed by atoms with Crippen LogP contribution in [-0.2, 0) is 104 Å². The van der Waals surface area contributed by atoms with Crippen LogP contribution >= 0.6 is 39.1 Å². The normalized spacial score (nSPS) is 27.0. The van der Waals surface area contributed by atoms with Crippen LogP contribution < -0.4 is 222 Å². The molecular weight excluding hydrogens is 1780 g/mol. The molecule has 4 saturated heterocycles. The number of nitrogens with two attached hydrogens (primary N) is 5. The molecule has 0 aliphatic carbocycles. The predicted octanol–water partition coefficient (Wildman–Crippen LogP) is -20.7. The zero-order valence-electron chi connectivity index (χ0n) is 65.3. The molecule has 0 radical (unpaired) electrons. The van der Waals surface area contributed by atoms with Crippen molar-refractivity contribution in [2.24, 2.45) is 12.5 Å². The second-order valence-corrected chi connectivity index (χ2v) is 34.1. The summed E-state index contributed by atoms with van der Waals surface area (Å²) in [6, 6.07) is 5.65. The van der Waals surface area contributed by atoms with Crippen molar-refractivity contribution >= 4 is 119 Å². The summed E-state index contributed by atoms with van der Waals surface area (Å²) in [5.74, 6) is -2.98. The average molecular weight is 1850 g/mol. The van der Waals surface area contributed by atoms with Crippen molar-refractivity contribution in [1.82, 2.24) is 73.1 Å². The standard InChI is InChI=1S/C55H73N22O34P5.5Na/c1-55(2,3)38(20-9-7-8-10-21(20)77(84)85)99-19-98-35-31(79)23(105-48(35)76-18-72(4)29-43(76)68-54(60)71-46(29)83)12-102-114(90,91)110-116(94,95)111-115(92,93)103-14-25-34(36(96-5)49(107-25)74-15-61-26-39(56)64-51(57)65-40(26)74)109-113(88,89)101-13-24-33(37(97-6)50(106-24)75-17-63-28-42(75)67-53(59)70-45(28)82)108-112(86,87)100-11-22-30(78)32(80)47(104-22)73-16-62-27-41(73)66-52(58)69-44(27)81;;;;;/h7-10,15-18,22-25,30-38,47-50,78-80H,11-14,19H2,1-6H3,(H17-,56,57,58,59,60,64,65,66,67,68,69,70,71,81,82,83,86,87,88,89,90,91,92,93,94,95);;;;;/q;5*+1/p-5/t22-,23-,24-,25-,30?,31+,32+,33?,34?,35?,36+,37+,38?,47-,48-,49-,50-;;;;;/m1...../s1. The van der Waals surface area contributed by atoms with Gasteiger partial charge in [0.15, 0.2) is 64.3 Å². The third kappa shape index (κ3) is 22.5. The van der Waals surface area contributed by atoms with Gasteiger partial charge in [0.05, 0.1) is 69.0 Å². The topological polar surface area (TPSA) is 811 Å². The van der Waals surface area contributed by atoms with Gasteiger partial charge in [0.2, 0.25) is 24.1 Å². The predicted molar refractivity (Wildman–Crippen MR) is 367 cm³/mol. The van der Waals surface area contributed by atoms with Crippen molar-refractivity contribution in [3.63, 3.8) is 0 Å². The monoisotopic (exact) mass is 1850 g/mol. The smallest absolute Gasteiger partial charge is 0.856 e. The van der Waals surface area contributed by atoms with Crippen LogP contribution in [0, 0.1) is 15.5 Å². The Kier molecular flexibility index (Phi) is 34.5. The molecule has 0 bridgehead atoms. The molecule has 13 rings (SSSR count). The first-order valence-electron chi connectivity index (χ1n) is 33.5. The number of phosphoric acid groups is 5. The van der Waals surface area contributed by atoms with E-state index in [9.17, 15) is 87.4 Å². The fourth-order valence-corrected chi connectivity index (χ4v) is 18.5. The van der Waals surface area contributed by atoms with E-state index in [4.69, 9.17) is 93.7 Å². The minimum Gasteiger partial charge on any atom is -0.856 e. The number of para-hydroxylation sites is 1. The van der Waals surface area contributed by atoms with Crippen LogP contribution in [0.3, 0.4) is 0 Å². The van der Waals surface area contributed by atoms with Crippen molar-refractivity contribution in [2.75, 3.05) is 76.1 Å². The summed E-state index contributed by atoms with van der Waals surface area (Å²) in [4.78, 5) is 146. The number of H-pyrrole nitrogens is 2. The number of aliphatic hydroxyl groups excluding tert-OH is 3. The van der Waals surface area contributed by atoms with E-state index < -0.39 is 222 Å². The Balaban J connectivity index is 0.00000364. The van der Waals surface area contributed by atoms with Gasteiger partial charge in [-0.3, -0.25) is 70.8 Å². The quantitative estimate of drug-likeness (QED) is 0.00467. The van der Waals surface area contributed by atoms with E-state index in [1.165, 1.54) is 42.2 Å². The summed E-state index contributed by atoms with van der Waals surface area (Å²) in [5.41, 5.74) is 24.7. The maximum atomic E-state index is 14.4. The maximum Gasteiger partial charge on any atom is 1.00 e. The first-order chi connectivity index (χ1) is 54.5. The fraction of sp³-hybridized carbons (Fsp3) is 0.527. The first kappa shape index (κ1) is 103. The Morgan fingerprint density at radius 3 is 1.52 bits per heavy atom. The number of phosphoric ester groups is 4. The molecule has 9 aromatic rings. The molecule has 121 heavy (non-hydrogen) atoms. The Morgan fingerprint density at radius 2 is 1.02 bits per heavy atom. The molecule has 15 N–H and O–H groups in total. The van der Waals surface area contributed by atoms with Gasteiger partial charge in [-0.2, -0.15) is 19.9 Å². The third-order valence-corrected chi connectivity index (χ3v) is 24.2. The van der Waals surface area contributed by atoms with E-state index in [0.717, 1.165) is 51.5 Å². The summed E-state index contributed by atoms with van der Waals surface area (Å²) < 4.78 is 161. The number of aromatic nitrogens is 16. The fourth-order valence-electron chi connectivity index (χ4n) is 13.3. The zero-order chi connectivity index (χ0) is 84.0. The number of aliphatic hydroxyl groups is 3. The number of ether oxygens (including phenoxy) is 8. The number of rotatable bonds is 32. The van der Waals surface area contributed by atoms with Crippen LogP contribution in [0.1, 0.15) is 57.4 Å². The maximum absolute atomic E-state index is 14.4. The molecule has 632 valence electrons. The molecule has 12 heterocycles. The molecule has 0 saturated carbocycles. The van der Waals surface area contributed by atoms with Crippen molar-refractivity contribution in [2.45, 2.75) is 125 Å². The number of imidazole rings is 4. The summed E-state index contributed by atoms with van der Waals surface area (Å²) in [7, 11) is -28.5. The van der Waals surface area contributed by atoms with E-state index >= 15 is 0 Å². The Morgan fingerprint density at radius 1 is 0.579 bits per heavy atom. The zero-order valence-corrected chi connectivity index (χ0v) is 79.8. The molecule has 4 aliphatic rings. The summed E-state index contributed by atoms with van der Waals surface area (Å²) in [6.07, 6.45) is -26.9. The van der Waals surface area contributed by atoms with Gasteiger partial charge in [0, 0.05) is 26.2 Å². The second kappa shape index (κ2) is 40.6. The SMILES string of the molecule is CO[C@H]1C(OP(=O)([O-])OC[C@H]2O[C@@H](n3cnc4c(=O)[nH]c(N)nc43)[C@@H](OC)C2OP(=O)([O-])OC[C@H]2O[C@@H](n3cnc4c(=O)[nH]c(N)nc43)[C@@H](O)C2O)[C@@H](COP(=O)([O-])OP(=O)([O-])OP(=O)([O-])OC[C@H]2O[C@@H]([n+]3cn(C)c4c([O-])nc(N)nc43)C(OCOC(c3ccccc3[N+](=O)[O-])C(C)(C)C)[C@H]2O)O[C@H]1n1cnc2c(N)nc(N)nc21.[Na+].[Na+].[Na+].[Na+].[Na+]. The van der Waals surface area contributed by atoms with E-state index in [1.807, 2.05) is 0 Å². The van der Waals surface area contributed by atoms with Gasteiger partial charge in [-0.1, -0.05) is 37.9 Å². The number of aryl methyl sites for hydroxylation is 1. The molecule has 1 aromatic carbocycles. The van der Waals surface area contributed by atoms with E-state index in [1.54, 1.807) is 20.8 Å². The van der Waals surface area contributed by atoms with Crippen molar-refractivity contribution in [1.29, 1.82) is 0 Å². The number of nitrogen functional groups attached to an aromatic ring is 5. The van der Waals surface area contributed by atoms with Crippen LogP contribution in [0.2, 0.25) is 0 Å². The van der Waals surface area contributed by atoms with Crippen molar-refractivity contribution in [3.8, 4) is 5.88 Å². The van der Waals surface area contributed by atoms with Crippen LogP contribution in [0.15, 0.2) is 59.2 Å². The number of hydrogen-bond acceptors (Lipinski definition) is 48. The molecule has 0 amide bonds.